The summed E-state index contributed by atoms with van der Waals surface area (Å²) in [5.74, 6) is -2.74. The Labute approximate surface area is 121 Å². The molecule has 7 heteroatoms. The third-order valence-electron chi connectivity index (χ3n) is 3.31. The lowest BCUT2D eigenvalue weighted by atomic mass is 10.00. The maximum absolute atomic E-state index is 13.7. The number of nitrogens with zero attached hydrogens (tertiary/aromatic N) is 1. The zero-order valence-electron chi connectivity index (χ0n) is 12.2. The molecule has 0 radical (unpaired) electrons. The minimum absolute atomic E-state index is 0.204. The number of carbonyl (C=O) groups is 1. The Hall–Kier alpha value is -2.05. The van der Waals surface area contributed by atoms with Crippen molar-refractivity contribution in [2.75, 3.05) is 0 Å². The summed E-state index contributed by atoms with van der Waals surface area (Å²) in [5.41, 5.74) is -1.52. The molecule has 2 unspecified atom stereocenters. The zero-order valence-corrected chi connectivity index (χ0v) is 12.2. The van der Waals surface area contributed by atoms with Crippen LogP contribution in [0.2, 0.25) is 0 Å². The van der Waals surface area contributed by atoms with Crippen LogP contribution in [0.25, 0.3) is 0 Å². The summed E-state index contributed by atoms with van der Waals surface area (Å²) in [4.78, 5) is 21.3. The van der Waals surface area contributed by atoms with Gasteiger partial charge in [-0.2, -0.15) is 4.39 Å². The van der Waals surface area contributed by atoms with Gasteiger partial charge in [-0.05, 0) is 25.3 Å². The summed E-state index contributed by atoms with van der Waals surface area (Å²) in [6, 6.07) is 0.771. The maximum atomic E-state index is 13.7. The summed E-state index contributed by atoms with van der Waals surface area (Å²) in [7, 11) is 0. The molecule has 0 heterocycles. The summed E-state index contributed by atoms with van der Waals surface area (Å²) in [6.07, 6.45) is 1.65. The number of benzene rings is 1. The van der Waals surface area contributed by atoms with Crippen molar-refractivity contribution in [1.82, 2.24) is 5.32 Å². The van der Waals surface area contributed by atoms with E-state index < -0.39 is 33.7 Å². The molecule has 1 aromatic carbocycles. The van der Waals surface area contributed by atoms with E-state index in [-0.39, 0.29) is 6.04 Å². The second-order valence-electron chi connectivity index (χ2n) is 5.16. The number of hydrogen-bond donors (Lipinski definition) is 1. The number of nitro benzene ring substituents is 1. The number of carbonyl (C=O) groups excluding carboxylic acids is 1. The quantitative estimate of drug-likeness (QED) is 0.646. The first-order valence-corrected chi connectivity index (χ1v) is 6.70. The molecule has 0 bridgehead atoms. The van der Waals surface area contributed by atoms with E-state index in [1.54, 1.807) is 6.92 Å². The molecule has 1 amide bonds. The van der Waals surface area contributed by atoms with E-state index in [1.807, 2.05) is 13.8 Å². The van der Waals surface area contributed by atoms with Crippen molar-refractivity contribution in [3.8, 4) is 0 Å². The predicted octanol–water partition coefficient (Wildman–Crippen LogP) is 3.43. The third kappa shape index (κ3) is 4.47. The van der Waals surface area contributed by atoms with E-state index >= 15 is 0 Å². The van der Waals surface area contributed by atoms with Crippen LogP contribution in [0.3, 0.4) is 0 Å². The van der Waals surface area contributed by atoms with E-state index in [1.165, 1.54) is 0 Å². The molecule has 2 atom stereocenters. The van der Waals surface area contributed by atoms with E-state index in [4.69, 9.17) is 0 Å². The van der Waals surface area contributed by atoms with Gasteiger partial charge in [0.15, 0.2) is 0 Å². The molecule has 1 N–H and O–H groups in total. The number of hydrogen-bond acceptors (Lipinski definition) is 3. The summed E-state index contributed by atoms with van der Waals surface area (Å²) >= 11 is 0. The number of nitrogens with one attached hydrogen (secondary N) is 1. The lowest BCUT2D eigenvalue weighted by molar-refractivity contribution is -0.387. The topological polar surface area (TPSA) is 72.2 Å². The Morgan fingerprint density at radius 2 is 1.95 bits per heavy atom. The molecular weight excluding hydrogens is 282 g/mol. The average Bonchev–Trinajstić information content (AvgIpc) is 2.39. The lowest BCUT2D eigenvalue weighted by Crippen LogP contribution is -2.34. The highest BCUT2D eigenvalue weighted by Gasteiger charge is 2.23. The van der Waals surface area contributed by atoms with Crippen LogP contribution >= 0.6 is 0 Å². The zero-order chi connectivity index (χ0) is 16.2. The molecular formula is C14H18F2N2O3. The monoisotopic (exact) mass is 300 g/mol. The fraction of sp³-hybridized carbons (Fsp3) is 0.500. The molecule has 5 nitrogen and oxygen atoms in total. The van der Waals surface area contributed by atoms with E-state index in [9.17, 15) is 23.7 Å². The van der Waals surface area contributed by atoms with E-state index in [2.05, 4.69) is 5.32 Å². The van der Waals surface area contributed by atoms with Gasteiger partial charge in [0.2, 0.25) is 5.82 Å². The Kier molecular flexibility index (Phi) is 5.75. The van der Waals surface area contributed by atoms with Gasteiger partial charge in [0.25, 0.3) is 5.91 Å². The van der Waals surface area contributed by atoms with Crippen molar-refractivity contribution in [3.05, 3.63) is 39.4 Å². The Morgan fingerprint density at radius 3 is 2.48 bits per heavy atom. The first kappa shape index (κ1) is 17.0. The number of halogens is 2. The van der Waals surface area contributed by atoms with Gasteiger partial charge < -0.3 is 5.32 Å². The average molecular weight is 300 g/mol. The molecule has 1 rings (SSSR count). The standard InChI is InChI=1S/C14H18F2N2O3/c1-4-8(2)5-9(3)17-14(19)10-6-12(16)13(18(20)21)7-11(10)15/h6-9H,4-5H2,1-3H3,(H,17,19). The molecule has 0 saturated heterocycles. The van der Waals surface area contributed by atoms with Crippen molar-refractivity contribution in [2.45, 2.75) is 39.7 Å². The summed E-state index contributed by atoms with van der Waals surface area (Å²) < 4.78 is 27.1. The van der Waals surface area contributed by atoms with Crippen LogP contribution in [-0.4, -0.2) is 16.9 Å². The Balaban J connectivity index is 2.88. The molecule has 21 heavy (non-hydrogen) atoms. The molecule has 0 fully saturated rings. The molecule has 1 aromatic rings. The molecule has 0 saturated carbocycles. The van der Waals surface area contributed by atoms with Gasteiger partial charge in [-0.1, -0.05) is 20.3 Å². The van der Waals surface area contributed by atoms with Gasteiger partial charge in [-0.3, -0.25) is 14.9 Å². The van der Waals surface area contributed by atoms with Crippen LogP contribution in [-0.2, 0) is 0 Å². The number of nitro groups is 1. The first-order valence-electron chi connectivity index (χ1n) is 6.70. The largest absolute Gasteiger partial charge is 0.349 e. The highest BCUT2D eigenvalue weighted by atomic mass is 19.1. The summed E-state index contributed by atoms with van der Waals surface area (Å²) in [6.45, 7) is 5.81. The van der Waals surface area contributed by atoms with E-state index in [0.717, 1.165) is 6.42 Å². The van der Waals surface area contributed by atoms with Gasteiger partial charge in [-0.25, -0.2) is 4.39 Å². The van der Waals surface area contributed by atoms with Crippen LogP contribution in [0.4, 0.5) is 14.5 Å². The highest BCUT2D eigenvalue weighted by molar-refractivity contribution is 5.94. The van der Waals surface area contributed by atoms with Crippen LogP contribution < -0.4 is 5.32 Å². The summed E-state index contributed by atoms with van der Waals surface area (Å²) in [5, 5.41) is 13.0. The van der Waals surface area contributed by atoms with Gasteiger partial charge in [0.1, 0.15) is 5.82 Å². The molecule has 0 aliphatic heterocycles. The van der Waals surface area contributed by atoms with Crippen LogP contribution in [0.15, 0.2) is 12.1 Å². The second kappa shape index (κ2) is 7.10. The fourth-order valence-electron chi connectivity index (χ4n) is 1.98. The van der Waals surface area contributed by atoms with Crippen molar-refractivity contribution >= 4 is 11.6 Å². The fourth-order valence-corrected chi connectivity index (χ4v) is 1.98. The second-order valence-corrected chi connectivity index (χ2v) is 5.16. The molecule has 116 valence electrons. The van der Waals surface area contributed by atoms with Gasteiger partial charge in [-0.15, -0.1) is 0 Å². The highest BCUT2D eigenvalue weighted by Crippen LogP contribution is 2.21. The lowest BCUT2D eigenvalue weighted by Gasteiger charge is -2.17. The minimum atomic E-state index is -1.24. The van der Waals surface area contributed by atoms with E-state index in [0.29, 0.717) is 24.5 Å². The van der Waals surface area contributed by atoms with Crippen molar-refractivity contribution in [1.29, 1.82) is 0 Å². The maximum Gasteiger partial charge on any atom is 0.307 e. The molecule has 0 spiro atoms. The van der Waals surface area contributed by atoms with Gasteiger partial charge in [0, 0.05) is 6.04 Å². The molecule has 0 aromatic heterocycles. The number of rotatable bonds is 6. The predicted molar refractivity (Wildman–Crippen MR) is 74.0 cm³/mol. The minimum Gasteiger partial charge on any atom is -0.349 e. The first-order chi connectivity index (χ1) is 9.76. The molecule has 0 aliphatic rings. The SMILES string of the molecule is CCC(C)CC(C)NC(=O)c1cc(F)c([N+](=O)[O-])cc1F. The van der Waals surface area contributed by atoms with Crippen molar-refractivity contribution in [3.63, 3.8) is 0 Å². The van der Waals surface area contributed by atoms with Gasteiger partial charge >= 0.3 is 5.69 Å². The number of amides is 1. The smallest absolute Gasteiger partial charge is 0.307 e. The van der Waals surface area contributed by atoms with Crippen LogP contribution in [0.5, 0.6) is 0 Å². The van der Waals surface area contributed by atoms with Crippen molar-refractivity contribution in [2.24, 2.45) is 5.92 Å². The third-order valence-corrected chi connectivity index (χ3v) is 3.31. The van der Waals surface area contributed by atoms with Crippen LogP contribution in [0.1, 0.15) is 44.0 Å². The molecule has 0 aliphatic carbocycles. The Bertz CT molecular complexity index is 549. The van der Waals surface area contributed by atoms with Crippen molar-refractivity contribution < 1.29 is 18.5 Å². The van der Waals surface area contributed by atoms with Gasteiger partial charge in [0.05, 0.1) is 16.6 Å². The normalized spacial score (nSPS) is 13.6. The Morgan fingerprint density at radius 1 is 1.33 bits per heavy atom. The van der Waals surface area contributed by atoms with Crippen LogP contribution in [0, 0.1) is 27.7 Å².